The second-order valence-corrected chi connectivity index (χ2v) is 6.00. The van der Waals surface area contributed by atoms with Gasteiger partial charge in [-0.3, -0.25) is 0 Å². The highest BCUT2D eigenvalue weighted by molar-refractivity contribution is 5.72. The average molecular weight is 262 g/mol. The van der Waals surface area contributed by atoms with E-state index < -0.39 is 0 Å². The molecule has 2 aliphatic heterocycles. The van der Waals surface area contributed by atoms with Gasteiger partial charge in [-0.1, -0.05) is 6.92 Å². The Morgan fingerprint density at radius 3 is 2.26 bits per heavy atom. The molecule has 2 saturated heterocycles. The number of anilines is 2. The second-order valence-electron chi connectivity index (χ2n) is 6.00. The molecular weight excluding hydrogens is 239 g/mol. The molecule has 0 saturated carbocycles. The van der Waals surface area contributed by atoms with E-state index in [-0.39, 0.29) is 5.82 Å². The first-order valence-corrected chi connectivity index (χ1v) is 7.53. The largest absolute Gasteiger partial charge is 0.370 e. The van der Waals surface area contributed by atoms with Crippen molar-refractivity contribution < 1.29 is 4.39 Å². The van der Waals surface area contributed by atoms with Gasteiger partial charge in [-0.15, -0.1) is 0 Å². The molecule has 0 amide bonds. The Balaban J connectivity index is 1.87. The lowest BCUT2D eigenvalue weighted by atomic mass is 9.98. The zero-order chi connectivity index (χ0) is 13.2. The summed E-state index contributed by atoms with van der Waals surface area (Å²) in [5, 5.41) is 0. The van der Waals surface area contributed by atoms with Crippen LogP contribution in [-0.4, -0.2) is 26.2 Å². The highest BCUT2D eigenvalue weighted by atomic mass is 19.1. The molecule has 0 bridgehead atoms. The number of hydrogen-bond donors (Lipinski definition) is 0. The summed E-state index contributed by atoms with van der Waals surface area (Å²) in [6, 6.07) is 5.30. The van der Waals surface area contributed by atoms with Gasteiger partial charge in [0.2, 0.25) is 0 Å². The van der Waals surface area contributed by atoms with Crippen LogP contribution in [0.3, 0.4) is 0 Å². The third kappa shape index (κ3) is 2.70. The van der Waals surface area contributed by atoms with Crippen LogP contribution in [0.15, 0.2) is 18.2 Å². The molecule has 0 spiro atoms. The van der Waals surface area contributed by atoms with E-state index >= 15 is 0 Å². The molecule has 2 heterocycles. The predicted molar refractivity (Wildman–Crippen MR) is 78.5 cm³/mol. The molecule has 104 valence electrons. The van der Waals surface area contributed by atoms with Crippen LogP contribution < -0.4 is 9.80 Å². The van der Waals surface area contributed by atoms with Gasteiger partial charge in [0.15, 0.2) is 0 Å². The molecule has 2 fully saturated rings. The minimum atomic E-state index is -0.115. The lowest BCUT2D eigenvalue weighted by Gasteiger charge is -2.35. The van der Waals surface area contributed by atoms with Crippen molar-refractivity contribution in [2.24, 2.45) is 5.92 Å². The van der Waals surface area contributed by atoms with Gasteiger partial charge in [0.25, 0.3) is 0 Å². The Bertz CT molecular complexity index is 432. The van der Waals surface area contributed by atoms with Gasteiger partial charge < -0.3 is 9.80 Å². The van der Waals surface area contributed by atoms with Gasteiger partial charge >= 0.3 is 0 Å². The molecule has 2 nitrogen and oxygen atoms in total. The normalized spacial score (nSPS) is 21.2. The van der Waals surface area contributed by atoms with Crippen molar-refractivity contribution in [2.75, 3.05) is 36.0 Å². The fraction of sp³-hybridized carbons (Fsp3) is 0.625. The van der Waals surface area contributed by atoms with Crippen LogP contribution in [0, 0.1) is 11.7 Å². The van der Waals surface area contributed by atoms with Gasteiger partial charge in [0.1, 0.15) is 5.82 Å². The van der Waals surface area contributed by atoms with Gasteiger partial charge in [0.05, 0.1) is 11.4 Å². The number of hydrogen-bond acceptors (Lipinski definition) is 2. The molecule has 19 heavy (non-hydrogen) atoms. The summed E-state index contributed by atoms with van der Waals surface area (Å²) in [6.45, 7) is 6.67. The number of benzene rings is 1. The Hall–Kier alpha value is -1.25. The SMILES string of the molecule is CC1CCN(c2ccc(F)cc2N2CCCC2)CC1. The predicted octanol–water partition coefficient (Wildman–Crippen LogP) is 3.66. The van der Waals surface area contributed by atoms with Gasteiger partial charge in [-0.25, -0.2) is 4.39 Å². The summed E-state index contributed by atoms with van der Waals surface area (Å²) < 4.78 is 13.6. The Kier molecular flexibility index (Phi) is 3.63. The van der Waals surface area contributed by atoms with Crippen molar-refractivity contribution in [1.82, 2.24) is 0 Å². The van der Waals surface area contributed by atoms with Crippen LogP contribution in [0.2, 0.25) is 0 Å². The molecule has 3 rings (SSSR count). The van der Waals surface area contributed by atoms with Crippen LogP contribution in [0.5, 0.6) is 0 Å². The maximum absolute atomic E-state index is 13.6. The highest BCUT2D eigenvalue weighted by Crippen LogP contribution is 2.34. The van der Waals surface area contributed by atoms with E-state index in [1.807, 2.05) is 6.07 Å². The molecule has 1 aromatic rings. The van der Waals surface area contributed by atoms with Crippen LogP contribution >= 0.6 is 0 Å². The molecule has 0 unspecified atom stereocenters. The topological polar surface area (TPSA) is 6.48 Å². The van der Waals surface area contributed by atoms with Gasteiger partial charge in [-0.05, 0) is 49.8 Å². The molecular formula is C16H23FN2. The van der Waals surface area contributed by atoms with Crippen LogP contribution in [-0.2, 0) is 0 Å². The van der Waals surface area contributed by atoms with Crippen LogP contribution in [0.4, 0.5) is 15.8 Å². The smallest absolute Gasteiger partial charge is 0.125 e. The highest BCUT2D eigenvalue weighted by Gasteiger charge is 2.22. The second kappa shape index (κ2) is 5.40. The van der Waals surface area contributed by atoms with E-state index in [0.717, 1.165) is 37.8 Å². The van der Waals surface area contributed by atoms with Crippen LogP contribution in [0.25, 0.3) is 0 Å². The molecule has 0 radical (unpaired) electrons. The first kappa shape index (κ1) is 12.8. The molecule has 0 aliphatic carbocycles. The van der Waals surface area contributed by atoms with Crippen molar-refractivity contribution >= 4 is 11.4 Å². The molecule has 0 aromatic heterocycles. The van der Waals surface area contributed by atoms with Crippen molar-refractivity contribution in [3.63, 3.8) is 0 Å². The zero-order valence-corrected chi connectivity index (χ0v) is 11.7. The van der Waals surface area contributed by atoms with E-state index in [0.29, 0.717) is 0 Å². The molecule has 0 atom stereocenters. The number of piperidine rings is 1. The zero-order valence-electron chi connectivity index (χ0n) is 11.7. The minimum absolute atomic E-state index is 0.115. The van der Waals surface area contributed by atoms with Crippen molar-refractivity contribution in [3.8, 4) is 0 Å². The average Bonchev–Trinajstić information content (AvgIpc) is 2.94. The van der Waals surface area contributed by atoms with E-state index in [2.05, 4.69) is 16.7 Å². The summed E-state index contributed by atoms with van der Waals surface area (Å²) in [5.74, 6) is 0.711. The molecule has 2 aliphatic rings. The monoisotopic (exact) mass is 262 g/mol. The number of halogens is 1. The summed E-state index contributed by atoms with van der Waals surface area (Å²) >= 11 is 0. The summed E-state index contributed by atoms with van der Waals surface area (Å²) in [6.07, 6.45) is 4.95. The lowest BCUT2D eigenvalue weighted by Crippen LogP contribution is -2.34. The quantitative estimate of drug-likeness (QED) is 0.802. The Morgan fingerprint density at radius 2 is 1.58 bits per heavy atom. The van der Waals surface area contributed by atoms with E-state index in [9.17, 15) is 4.39 Å². The van der Waals surface area contributed by atoms with Gasteiger partial charge in [-0.2, -0.15) is 0 Å². The maximum Gasteiger partial charge on any atom is 0.125 e. The van der Waals surface area contributed by atoms with Crippen molar-refractivity contribution in [2.45, 2.75) is 32.6 Å². The summed E-state index contributed by atoms with van der Waals surface area (Å²) in [4.78, 5) is 4.78. The summed E-state index contributed by atoms with van der Waals surface area (Å²) in [5.41, 5.74) is 2.34. The summed E-state index contributed by atoms with van der Waals surface area (Å²) in [7, 11) is 0. The fourth-order valence-corrected chi connectivity index (χ4v) is 3.22. The molecule has 0 N–H and O–H groups in total. The van der Waals surface area contributed by atoms with Crippen molar-refractivity contribution in [1.29, 1.82) is 0 Å². The molecule has 1 aromatic carbocycles. The standard InChI is InChI=1S/C16H23FN2/c1-13-6-10-19(11-7-13)15-5-4-14(17)12-16(15)18-8-2-3-9-18/h4-5,12-13H,2-3,6-11H2,1H3. The van der Waals surface area contributed by atoms with E-state index in [1.54, 1.807) is 12.1 Å². The van der Waals surface area contributed by atoms with Crippen LogP contribution in [0.1, 0.15) is 32.6 Å². The Labute approximate surface area is 115 Å². The lowest BCUT2D eigenvalue weighted by molar-refractivity contribution is 0.438. The van der Waals surface area contributed by atoms with E-state index in [4.69, 9.17) is 0 Å². The van der Waals surface area contributed by atoms with Crippen molar-refractivity contribution in [3.05, 3.63) is 24.0 Å². The molecule has 3 heteroatoms. The first-order valence-electron chi connectivity index (χ1n) is 7.53. The van der Waals surface area contributed by atoms with Gasteiger partial charge in [0, 0.05) is 26.2 Å². The fourth-order valence-electron chi connectivity index (χ4n) is 3.22. The maximum atomic E-state index is 13.6. The minimum Gasteiger partial charge on any atom is -0.370 e. The number of nitrogens with zero attached hydrogens (tertiary/aromatic N) is 2. The van der Waals surface area contributed by atoms with E-state index in [1.165, 1.54) is 31.4 Å². The third-order valence-electron chi connectivity index (χ3n) is 4.51. The Morgan fingerprint density at radius 1 is 0.947 bits per heavy atom. The number of rotatable bonds is 2. The third-order valence-corrected chi connectivity index (χ3v) is 4.51. The first-order chi connectivity index (χ1) is 9.24.